The van der Waals surface area contributed by atoms with Gasteiger partial charge in [0.1, 0.15) is 12.3 Å². The van der Waals surface area contributed by atoms with Gasteiger partial charge in [-0.1, -0.05) is 53.6 Å². The molecule has 1 N–H and O–H groups in total. The van der Waals surface area contributed by atoms with Gasteiger partial charge in [-0.15, -0.1) is 0 Å². The maximum absolute atomic E-state index is 13.4. The van der Waals surface area contributed by atoms with Crippen molar-refractivity contribution in [2.75, 3.05) is 18.0 Å². The minimum absolute atomic E-state index is 0.118. The van der Waals surface area contributed by atoms with Crippen LogP contribution in [-0.4, -0.2) is 28.0 Å². The molecular formula is C24H26N2O4S. The Bertz CT molecular complexity index is 1140. The molecule has 162 valence electrons. The van der Waals surface area contributed by atoms with Crippen LogP contribution in [0, 0.1) is 13.8 Å². The van der Waals surface area contributed by atoms with Gasteiger partial charge in [0.2, 0.25) is 5.91 Å². The first-order valence-corrected chi connectivity index (χ1v) is 11.3. The Morgan fingerprint density at radius 1 is 0.935 bits per heavy atom. The molecule has 31 heavy (non-hydrogen) atoms. The highest BCUT2D eigenvalue weighted by Gasteiger charge is 2.27. The van der Waals surface area contributed by atoms with Gasteiger partial charge in [-0.25, -0.2) is 8.42 Å². The Morgan fingerprint density at radius 2 is 1.55 bits per heavy atom. The van der Waals surface area contributed by atoms with Crippen molar-refractivity contribution < 1.29 is 17.9 Å². The fraction of sp³-hybridized carbons (Fsp3) is 0.208. The number of sulfonamides is 1. The number of hydrogen-bond donors (Lipinski definition) is 1. The lowest BCUT2D eigenvalue weighted by Gasteiger charge is -2.24. The number of anilines is 1. The minimum atomic E-state index is -3.96. The fourth-order valence-corrected chi connectivity index (χ4v) is 4.42. The predicted octanol–water partition coefficient (Wildman–Crippen LogP) is 3.82. The van der Waals surface area contributed by atoms with Gasteiger partial charge in [0.15, 0.2) is 0 Å². The molecule has 0 radical (unpaired) electrons. The molecule has 0 unspecified atom stereocenters. The van der Waals surface area contributed by atoms with Crippen LogP contribution in [-0.2, 0) is 21.4 Å². The normalized spacial score (nSPS) is 11.1. The van der Waals surface area contributed by atoms with Gasteiger partial charge in [-0.05, 0) is 43.7 Å². The van der Waals surface area contributed by atoms with Gasteiger partial charge in [-0.2, -0.15) is 0 Å². The molecule has 0 spiro atoms. The predicted molar refractivity (Wildman–Crippen MR) is 122 cm³/mol. The summed E-state index contributed by atoms with van der Waals surface area (Å²) >= 11 is 0. The lowest BCUT2D eigenvalue weighted by atomic mass is 10.1. The Morgan fingerprint density at radius 3 is 2.16 bits per heavy atom. The van der Waals surface area contributed by atoms with Crippen LogP contribution in [0.3, 0.4) is 0 Å². The van der Waals surface area contributed by atoms with Crippen LogP contribution in [0.4, 0.5) is 5.69 Å². The number of nitrogens with one attached hydrogen (secondary N) is 1. The molecule has 0 aromatic heterocycles. The molecule has 3 aromatic carbocycles. The molecule has 0 aliphatic rings. The number of aryl methyl sites for hydroxylation is 2. The van der Waals surface area contributed by atoms with Crippen LogP contribution in [0.15, 0.2) is 77.7 Å². The van der Waals surface area contributed by atoms with Crippen molar-refractivity contribution in [3.8, 4) is 5.75 Å². The number of rotatable bonds is 8. The molecule has 0 heterocycles. The van der Waals surface area contributed by atoms with E-state index < -0.39 is 15.9 Å². The van der Waals surface area contributed by atoms with Crippen LogP contribution in [0.5, 0.6) is 5.75 Å². The summed E-state index contributed by atoms with van der Waals surface area (Å²) in [5.41, 5.74) is 3.37. The van der Waals surface area contributed by atoms with E-state index in [1.165, 1.54) is 7.11 Å². The molecule has 1 amide bonds. The largest absolute Gasteiger partial charge is 0.497 e. The third-order valence-electron chi connectivity index (χ3n) is 4.85. The first-order valence-electron chi connectivity index (χ1n) is 9.85. The van der Waals surface area contributed by atoms with Crippen LogP contribution in [0.25, 0.3) is 0 Å². The highest BCUT2D eigenvalue weighted by molar-refractivity contribution is 7.92. The smallest absolute Gasteiger partial charge is 0.264 e. The number of carbonyl (C=O) groups excluding carboxylic acids is 1. The average molecular weight is 439 g/mol. The molecule has 0 saturated heterocycles. The maximum atomic E-state index is 13.4. The van der Waals surface area contributed by atoms with E-state index in [0.717, 1.165) is 21.0 Å². The van der Waals surface area contributed by atoms with E-state index in [1.807, 2.05) is 38.1 Å². The van der Waals surface area contributed by atoms with E-state index in [2.05, 4.69) is 5.32 Å². The van der Waals surface area contributed by atoms with Crippen LogP contribution in [0.1, 0.15) is 16.7 Å². The highest BCUT2D eigenvalue weighted by Crippen LogP contribution is 2.27. The summed E-state index contributed by atoms with van der Waals surface area (Å²) in [4.78, 5) is 12.8. The van der Waals surface area contributed by atoms with E-state index in [1.54, 1.807) is 48.5 Å². The molecule has 3 aromatic rings. The van der Waals surface area contributed by atoms with Crippen molar-refractivity contribution in [1.29, 1.82) is 0 Å². The zero-order valence-corrected chi connectivity index (χ0v) is 18.6. The summed E-state index contributed by atoms with van der Waals surface area (Å²) in [6.07, 6.45) is 0. The lowest BCUT2D eigenvalue weighted by Crippen LogP contribution is -2.40. The second-order valence-corrected chi connectivity index (χ2v) is 9.15. The Labute approximate surface area is 183 Å². The molecule has 6 nitrogen and oxygen atoms in total. The average Bonchev–Trinajstić information content (AvgIpc) is 2.77. The topological polar surface area (TPSA) is 75.7 Å². The molecule has 7 heteroatoms. The van der Waals surface area contributed by atoms with Crippen molar-refractivity contribution in [2.45, 2.75) is 25.3 Å². The van der Waals surface area contributed by atoms with Crippen LogP contribution < -0.4 is 14.4 Å². The van der Waals surface area contributed by atoms with Gasteiger partial charge in [0, 0.05) is 12.6 Å². The van der Waals surface area contributed by atoms with Crippen molar-refractivity contribution in [3.63, 3.8) is 0 Å². The zero-order valence-electron chi connectivity index (χ0n) is 17.8. The lowest BCUT2D eigenvalue weighted by molar-refractivity contribution is -0.119. The molecule has 0 aliphatic carbocycles. The Kier molecular flexibility index (Phi) is 6.97. The summed E-state index contributed by atoms with van der Waals surface area (Å²) in [6, 6.07) is 21.0. The molecule has 0 saturated carbocycles. The number of methoxy groups -OCH3 is 1. The highest BCUT2D eigenvalue weighted by atomic mass is 32.2. The summed E-state index contributed by atoms with van der Waals surface area (Å²) in [5.74, 6) is 0.0979. The van der Waals surface area contributed by atoms with Crippen molar-refractivity contribution in [2.24, 2.45) is 0 Å². The molecule has 0 atom stereocenters. The van der Waals surface area contributed by atoms with Crippen molar-refractivity contribution in [1.82, 2.24) is 5.32 Å². The SMILES string of the molecule is COc1cccc(N(CC(=O)NCc2ccc(C)cc2)S(=O)(=O)c2ccc(C)cc2)c1. The molecular weight excluding hydrogens is 412 g/mol. The number of benzene rings is 3. The molecule has 3 rings (SSSR count). The van der Waals surface area contributed by atoms with Gasteiger partial charge in [0.05, 0.1) is 17.7 Å². The van der Waals surface area contributed by atoms with Gasteiger partial charge in [0.25, 0.3) is 10.0 Å². The number of nitrogens with zero attached hydrogens (tertiary/aromatic N) is 1. The summed E-state index contributed by atoms with van der Waals surface area (Å²) < 4.78 is 33.1. The molecule has 0 bridgehead atoms. The minimum Gasteiger partial charge on any atom is -0.497 e. The van der Waals surface area contributed by atoms with Gasteiger partial charge < -0.3 is 10.1 Å². The summed E-state index contributed by atoms with van der Waals surface area (Å²) in [5, 5.41) is 2.80. The number of carbonyl (C=O) groups is 1. The first-order chi connectivity index (χ1) is 14.8. The standard InChI is InChI=1S/C24H26N2O4S/c1-18-7-11-20(12-8-18)16-25-24(27)17-26(21-5-4-6-22(15-21)30-3)31(28,29)23-13-9-19(2)10-14-23/h4-15H,16-17H2,1-3H3,(H,25,27). The van der Waals surface area contributed by atoms with E-state index in [-0.39, 0.29) is 11.4 Å². The first kappa shape index (κ1) is 22.4. The van der Waals surface area contributed by atoms with Crippen molar-refractivity contribution >= 4 is 21.6 Å². The second kappa shape index (κ2) is 9.66. The second-order valence-electron chi connectivity index (χ2n) is 7.29. The summed E-state index contributed by atoms with van der Waals surface area (Å²) in [7, 11) is -2.46. The number of ether oxygens (including phenoxy) is 1. The van der Waals surface area contributed by atoms with E-state index >= 15 is 0 Å². The fourth-order valence-electron chi connectivity index (χ4n) is 3.01. The zero-order chi connectivity index (χ0) is 22.4. The van der Waals surface area contributed by atoms with Crippen molar-refractivity contribution in [3.05, 3.63) is 89.5 Å². The van der Waals surface area contributed by atoms with E-state index in [0.29, 0.717) is 18.0 Å². The third kappa shape index (κ3) is 5.64. The van der Waals surface area contributed by atoms with Crippen LogP contribution >= 0.6 is 0 Å². The van der Waals surface area contributed by atoms with Gasteiger partial charge in [-0.3, -0.25) is 9.10 Å². The summed E-state index contributed by atoms with van der Waals surface area (Å²) in [6.45, 7) is 3.84. The molecule has 0 aliphatic heterocycles. The number of amides is 1. The number of hydrogen-bond acceptors (Lipinski definition) is 4. The Hall–Kier alpha value is -3.32. The van der Waals surface area contributed by atoms with Gasteiger partial charge >= 0.3 is 0 Å². The molecule has 0 fully saturated rings. The van der Waals surface area contributed by atoms with Crippen LogP contribution in [0.2, 0.25) is 0 Å². The third-order valence-corrected chi connectivity index (χ3v) is 6.64. The quantitative estimate of drug-likeness (QED) is 0.580. The van der Waals surface area contributed by atoms with E-state index in [4.69, 9.17) is 4.74 Å². The monoisotopic (exact) mass is 438 g/mol. The Balaban J connectivity index is 1.87. The van der Waals surface area contributed by atoms with E-state index in [9.17, 15) is 13.2 Å². The maximum Gasteiger partial charge on any atom is 0.264 e.